The van der Waals surface area contributed by atoms with Crippen LogP contribution in [0.15, 0.2) is 18.6 Å². The second-order valence-electron chi connectivity index (χ2n) is 4.33. The number of rotatable bonds is 4. The van der Waals surface area contributed by atoms with Crippen LogP contribution < -0.4 is 0 Å². The van der Waals surface area contributed by atoms with Gasteiger partial charge in [0.15, 0.2) is 5.78 Å². The molecule has 0 unspecified atom stereocenters. The molecule has 18 heavy (non-hydrogen) atoms. The Bertz CT molecular complexity index is 435. The van der Waals surface area contributed by atoms with Crippen LogP contribution in [0.25, 0.3) is 0 Å². The molecule has 6 heteroatoms. The van der Waals surface area contributed by atoms with Gasteiger partial charge in [-0.3, -0.25) is 19.5 Å². The summed E-state index contributed by atoms with van der Waals surface area (Å²) in [6, 6.07) is -0.556. The molecule has 0 spiro atoms. The Balaban J connectivity index is 2.03. The van der Waals surface area contributed by atoms with E-state index in [1.54, 1.807) is 4.90 Å². The van der Waals surface area contributed by atoms with Crippen LogP contribution in [0.2, 0.25) is 0 Å². The lowest BCUT2D eigenvalue weighted by atomic mass is 10.0. The molecule has 1 aliphatic heterocycles. The molecule has 1 saturated heterocycles. The van der Waals surface area contributed by atoms with Gasteiger partial charge in [-0.25, -0.2) is 4.98 Å². The van der Waals surface area contributed by atoms with Crippen molar-refractivity contribution in [1.29, 1.82) is 0 Å². The first-order chi connectivity index (χ1) is 8.68. The van der Waals surface area contributed by atoms with E-state index < -0.39 is 12.0 Å². The highest BCUT2D eigenvalue weighted by molar-refractivity contribution is 5.95. The number of carbonyl (C=O) groups excluding carboxylic acids is 1. The SMILES string of the molecule is O=C(CN1CCCC[C@@H]1C(=O)O)c1cnccn1. The number of carbonyl (C=O) groups is 2. The molecule has 2 heterocycles. The fraction of sp³-hybridized carbons (Fsp3) is 0.500. The molecule has 1 aromatic heterocycles. The van der Waals surface area contributed by atoms with E-state index in [2.05, 4.69) is 9.97 Å². The van der Waals surface area contributed by atoms with Crippen molar-refractivity contribution in [2.24, 2.45) is 0 Å². The molecule has 1 aliphatic rings. The zero-order chi connectivity index (χ0) is 13.0. The Morgan fingerprint density at radius 3 is 2.89 bits per heavy atom. The van der Waals surface area contributed by atoms with E-state index in [1.807, 2.05) is 0 Å². The van der Waals surface area contributed by atoms with Gasteiger partial charge in [-0.2, -0.15) is 0 Å². The van der Waals surface area contributed by atoms with Crippen molar-refractivity contribution in [3.63, 3.8) is 0 Å². The fourth-order valence-electron chi connectivity index (χ4n) is 2.17. The number of aromatic nitrogens is 2. The molecule has 1 N–H and O–H groups in total. The normalized spacial score (nSPS) is 20.6. The van der Waals surface area contributed by atoms with Gasteiger partial charge in [0.1, 0.15) is 11.7 Å². The first-order valence-corrected chi connectivity index (χ1v) is 5.94. The molecule has 1 atom stereocenters. The molecule has 0 amide bonds. The number of Topliss-reactive ketones (excluding diaryl/α,β-unsaturated/α-hetero) is 1. The van der Waals surface area contributed by atoms with Gasteiger partial charge in [-0.05, 0) is 19.4 Å². The smallest absolute Gasteiger partial charge is 0.320 e. The Hall–Kier alpha value is -1.82. The third-order valence-corrected chi connectivity index (χ3v) is 3.09. The average Bonchev–Trinajstić information content (AvgIpc) is 2.40. The van der Waals surface area contributed by atoms with Crippen LogP contribution in [0.4, 0.5) is 0 Å². The maximum atomic E-state index is 11.9. The van der Waals surface area contributed by atoms with E-state index in [1.165, 1.54) is 18.6 Å². The number of nitrogens with zero attached hydrogens (tertiary/aromatic N) is 3. The quantitative estimate of drug-likeness (QED) is 0.787. The highest BCUT2D eigenvalue weighted by Crippen LogP contribution is 2.17. The van der Waals surface area contributed by atoms with Crippen molar-refractivity contribution in [2.45, 2.75) is 25.3 Å². The first kappa shape index (κ1) is 12.6. The van der Waals surface area contributed by atoms with Crippen LogP contribution in [0.1, 0.15) is 29.8 Å². The molecule has 1 aromatic rings. The Labute approximate surface area is 105 Å². The van der Waals surface area contributed by atoms with Crippen LogP contribution in [0, 0.1) is 0 Å². The van der Waals surface area contributed by atoms with Crippen LogP contribution >= 0.6 is 0 Å². The summed E-state index contributed by atoms with van der Waals surface area (Å²) in [7, 11) is 0. The van der Waals surface area contributed by atoms with Gasteiger partial charge in [0, 0.05) is 12.4 Å². The molecular weight excluding hydrogens is 234 g/mol. The van der Waals surface area contributed by atoms with E-state index in [0.29, 0.717) is 13.0 Å². The van der Waals surface area contributed by atoms with Gasteiger partial charge in [-0.1, -0.05) is 6.42 Å². The number of ketones is 1. The zero-order valence-corrected chi connectivity index (χ0v) is 9.95. The molecular formula is C12H15N3O3. The lowest BCUT2D eigenvalue weighted by Crippen LogP contribution is -2.46. The minimum Gasteiger partial charge on any atom is -0.480 e. The number of hydrogen-bond donors (Lipinski definition) is 1. The van der Waals surface area contributed by atoms with E-state index in [-0.39, 0.29) is 18.0 Å². The van der Waals surface area contributed by atoms with Crippen molar-refractivity contribution in [3.05, 3.63) is 24.3 Å². The fourth-order valence-corrected chi connectivity index (χ4v) is 2.17. The molecule has 0 aliphatic carbocycles. The summed E-state index contributed by atoms with van der Waals surface area (Å²) in [6.07, 6.45) is 6.78. The minimum atomic E-state index is -0.860. The second-order valence-corrected chi connectivity index (χ2v) is 4.33. The summed E-state index contributed by atoms with van der Waals surface area (Å²) >= 11 is 0. The monoisotopic (exact) mass is 249 g/mol. The summed E-state index contributed by atoms with van der Waals surface area (Å²) in [5.74, 6) is -1.04. The average molecular weight is 249 g/mol. The Morgan fingerprint density at radius 1 is 1.39 bits per heavy atom. The molecule has 0 bridgehead atoms. The Kier molecular flexibility index (Phi) is 3.99. The largest absolute Gasteiger partial charge is 0.480 e. The van der Waals surface area contributed by atoms with E-state index in [0.717, 1.165) is 12.8 Å². The standard InChI is InChI=1S/C12H15N3O3/c16-11(9-7-13-4-5-14-9)8-15-6-2-1-3-10(15)12(17)18/h4-5,7,10H,1-3,6,8H2,(H,17,18)/t10-/m1/s1. The first-order valence-electron chi connectivity index (χ1n) is 5.94. The molecule has 0 saturated carbocycles. The van der Waals surface area contributed by atoms with E-state index in [4.69, 9.17) is 5.11 Å². The minimum absolute atomic E-state index is 0.0929. The van der Waals surface area contributed by atoms with Crippen molar-refractivity contribution < 1.29 is 14.7 Å². The number of piperidine rings is 1. The van der Waals surface area contributed by atoms with Gasteiger partial charge in [0.25, 0.3) is 0 Å². The number of likely N-dealkylation sites (tertiary alicyclic amines) is 1. The highest BCUT2D eigenvalue weighted by Gasteiger charge is 2.29. The predicted molar refractivity (Wildman–Crippen MR) is 63.2 cm³/mol. The van der Waals surface area contributed by atoms with Gasteiger partial charge >= 0.3 is 5.97 Å². The molecule has 0 aromatic carbocycles. The molecule has 96 valence electrons. The van der Waals surface area contributed by atoms with Gasteiger partial charge in [0.05, 0.1) is 12.7 Å². The van der Waals surface area contributed by atoms with Gasteiger partial charge in [-0.15, -0.1) is 0 Å². The van der Waals surface area contributed by atoms with Crippen molar-refractivity contribution in [1.82, 2.24) is 14.9 Å². The molecule has 1 fully saturated rings. The lowest BCUT2D eigenvalue weighted by Gasteiger charge is -2.31. The van der Waals surface area contributed by atoms with Crippen LogP contribution in [-0.2, 0) is 4.79 Å². The van der Waals surface area contributed by atoms with E-state index in [9.17, 15) is 9.59 Å². The predicted octanol–water partition coefficient (Wildman–Crippen LogP) is 0.598. The maximum absolute atomic E-state index is 11.9. The summed E-state index contributed by atoms with van der Waals surface area (Å²) in [5, 5.41) is 9.11. The van der Waals surface area contributed by atoms with Crippen molar-refractivity contribution in [3.8, 4) is 0 Å². The van der Waals surface area contributed by atoms with Crippen molar-refractivity contribution >= 4 is 11.8 Å². The van der Waals surface area contributed by atoms with Crippen LogP contribution in [0.5, 0.6) is 0 Å². The maximum Gasteiger partial charge on any atom is 0.320 e. The number of carboxylic acids is 1. The summed E-state index contributed by atoms with van der Waals surface area (Å²) in [6.45, 7) is 0.735. The lowest BCUT2D eigenvalue weighted by molar-refractivity contribution is -0.144. The number of aliphatic carboxylic acids is 1. The number of hydrogen-bond acceptors (Lipinski definition) is 5. The topological polar surface area (TPSA) is 83.4 Å². The zero-order valence-electron chi connectivity index (χ0n) is 9.95. The van der Waals surface area contributed by atoms with Crippen LogP contribution in [0.3, 0.4) is 0 Å². The third-order valence-electron chi connectivity index (χ3n) is 3.09. The van der Waals surface area contributed by atoms with E-state index >= 15 is 0 Å². The molecule has 6 nitrogen and oxygen atoms in total. The number of carboxylic acid groups (broad SMARTS) is 1. The summed E-state index contributed by atoms with van der Waals surface area (Å²) < 4.78 is 0. The molecule has 2 rings (SSSR count). The van der Waals surface area contributed by atoms with Gasteiger partial charge < -0.3 is 5.11 Å². The highest BCUT2D eigenvalue weighted by atomic mass is 16.4. The summed E-state index contributed by atoms with van der Waals surface area (Å²) in [5.41, 5.74) is 0.284. The Morgan fingerprint density at radius 2 is 2.22 bits per heavy atom. The second kappa shape index (κ2) is 5.68. The summed E-state index contributed by atoms with van der Waals surface area (Å²) in [4.78, 5) is 32.5. The van der Waals surface area contributed by atoms with Crippen LogP contribution in [-0.4, -0.2) is 50.9 Å². The van der Waals surface area contributed by atoms with Gasteiger partial charge in [0.2, 0.25) is 0 Å². The third kappa shape index (κ3) is 2.89. The van der Waals surface area contributed by atoms with Crippen molar-refractivity contribution in [2.75, 3.05) is 13.1 Å². The molecule has 0 radical (unpaired) electrons.